The highest BCUT2D eigenvalue weighted by Gasteiger charge is 2.32. The second kappa shape index (κ2) is 7.84. The zero-order valence-corrected chi connectivity index (χ0v) is 15.3. The van der Waals surface area contributed by atoms with E-state index in [0.29, 0.717) is 25.3 Å². The summed E-state index contributed by atoms with van der Waals surface area (Å²) in [5.74, 6) is 0.540. The Kier molecular flexibility index (Phi) is 5.51. The molecule has 1 aromatic heterocycles. The third-order valence-electron chi connectivity index (χ3n) is 4.09. The van der Waals surface area contributed by atoms with Crippen LogP contribution < -0.4 is 9.47 Å². The van der Waals surface area contributed by atoms with Crippen molar-refractivity contribution in [1.29, 1.82) is 0 Å². The van der Waals surface area contributed by atoms with Gasteiger partial charge in [0.1, 0.15) is 6.10 Å². The lowest BCUT2D eigenvalue weighted by molar-refractivity contribution is -0.385. The average molecular weight is 394 g/mol. The van der Waals surface area contributed by atoms with Crippen molar-refractivity contribution in [2.24, 2.45) is 0 Å². The highest BCUT2D eigenvalue weighted by atomic mass is 32.2. The van der Waals surface area contributed by atoms with E-state index in [-0.39, 0.29) is 23.0 Å². The van der Waals surface area contributed by atoms with Crippen LogP contribution in [0.2, 0.25) is 0 Å². The number of nitro groups is 1. The van der Waals surface area contributed by atoms with E-state index in [0.717, 1.165) is 6.07 Å². The Morgan fingerprint density at radius 1 is 1.30 bits per heavy atom. The molecule has 3 rings (SSSR count). The summed E-state index contributed by atoms with van der Waals surface area (Å²) >= 11 is 0. The SMILES string of the molecule is COc1cncc(OC2CCCN(S(=O)(=O)c3cccc([N+](=O)[O-])c3)C2)n1. The van der Waals surface area contributed by atoms with Gasteiger partial charge in [0.05, 0.1) is 35.9 Å². The minimum absolute atomic E-state index is 0.112. The first-order valence-electron chi connectivity index (χ1n) is 8.17. The Balaban J connectivity index is 1.76. The molecular weight excluding hydrogens is 376 g/mol. The van der Waals surface area contributed by atoms with E-state index in [4.69, 9.17) is 9.47 Å². The normalized spacial score (nSPS) is 18.0. The first-order chi connectivity index (χ1) is 12.9. The van der Waals surface area contributed by atoms with Crippen LogP contribution in [0.4, 0.5) is 5.69 Å². The molecule has 0 spiro atoms. The molecule has 1 fully saturated rings. The first kappa shape index (κ1) is 19.0. The maximum absolute atomic E-state index is 12.9. The molecule has 1 saturated heterocycles. The van der Waals surface area contributed by atoms with Crippen LogP contribution >= 0.6 is 0 Å². The van der Waals surface area contributed by atoms with E-state index >= 15 is 0 Å². The van der Waals surface area contributed by atoms with Gasteiger partial charge in [-0.15, -0.1) is 0 Å². The van der Waals surface area contributed by atoms with Gasteiger partial charge in [0.25, 0.3) is 5.69 Å². The molecule has 0 amide bonds. The topological polar surface area (TPSA) is 125 Å². The van der Waals surface area contributed by atoms with Crippen LogP contribution in [0.1, 0.15) is 12.8 Å². The predicted molar refractivity (Wildman–Crippen MR) is 94.1 cm³/mol. The Hall–Kier alpha value is -2.79. The van der Waals surface area contributed by atoms with Crippen molar-refractivity contribution in [3.63, 3.8) is 0 Å². The number of ether oxygens (including phenoxy) is 2. The van der Waals surface area contributed by atoms with E-state index in [9.17, 15) is 18.5 Å². The molecule has 1 atom stereocenters. The molecule has 1 aromatic carbocycles. The maximum Gasteiger partial charge on any atom is 0.270 e. The van der Waals surface area contributed by atoms with Crippen molar-refractivity contribution < 1.29 is 22.8 Å². The molecule has 144 valence electrons. The van der Waals surface area contributed by atoms with E-state index in [2.05, 4.69) is 9.97 Å². The number of hydrogen-bond acceptors (Lipinski definition) is 8. The molecule has 1 aliphatic rings. The number of nitro benzene ring substituents is 1. The summed E-state index contributed by atoms with van der Waals surface area (Å²) in [6.45, 7) is 0.429. The second-order valence-electron chi connectivity index (χ2n) is 5.90. The molecule has 0 saturated carbocycles. The molecule has 10 nitrogen and oxygen atoms in total. The molecule has 0 radical (unpaired) electrons. The standard InChI is InChI=1S/C16H18N4O6S/c1-25-15-9-17-10-16(18-15)26-13-5-3-7-19(11-13)27(23,24)14-6-2-4-12(8-14)20(21)22/h2,4,6,8-10,13H,3,5,7,11H2,1H3. The molecule has 0 bridgehead atoms. The van der Waals surface area contributed by atoms with Gasteiger partial charge in [0.15, 0.2) is 0 Å². The molecule has 1 unspecified atom stereocenters. The average Bonchev–Trinajstić information content (AvgIpc) is 2.68. The van der Waals surface area contributed by atoms with Gasteiger partial charge in [-0.1, -0.05) is 6.07 Å². The number of non-ortho nitro benzene ring substituents is 1. The van der Waals surface area contributed by atoms with Crippen molar-refractivity contribution >= 4 is 15.7 Å². The molecular formula is C16H18N4O6S. The Bertz CT molecular complexity index is 936. The highest BCUT2D eigenvalue weighted by molar-refractivity contribution is 7.89. The van der Waals surface area contributed by atoms with Crippen LogP contribution in [0.3, 0.4) is 0 Å². The zero-order chi connectivity index (χ0) is 19.4. The largest absolute Gasteiger partial charge is 0.480 e. The summed E-state index contributed by atoms with van der Waals surface area (Å²) in [5.41, 5.74) is -0.271. The zero-order valence-electron chi connectivity index (χ0n) is 14.5. The number of nitrogens with zero attached hydrogens (tertiary/aromatic N) is 4. The molecule has 2 aromatic rings. The number of benzene rings is 1. The quantitative estimate of drug-likeness (QED) is 0.535. The van der Waals surface area contributed by atoms with Crippen LogP contribution in [0.25, 0.3) is 0 Å². The summed E-state index contributed by atoms with van der Waals surface area (Å²) in [6, 6.07) is 5.02. The molecule has 11 heteroatoms. The summed E-state index contributed by atoms with van der Waals surface area (Å²) in [4.78, 5) is 18.2. The maximum atomic E-state index is 12.9. The van der Waals surface area contributed by atoms with Crippen molar-refractivity contribution in [3.8, 4) is 11.8 Å². The summed E-state index contributed by atoms with van der Waals surface area (Å²) in [7, 11) is -2.41. The summed E-state index contributed by atoms with van der Waals surface area (Å²) < 4.78 is 37.7. The van der Waals surface area contributed by atoms with E-state index < -0.39 is 21.1 Å². The number of piperidine rings is 1. The first-order valence-corrected chi connectivity index (χ1v) is 9.61. The summed E-state index contributed by atoms with van der Waals surface area (Å²) in [6.07, 6.45) is 3.70. The van der Waals surface area contributed by atoms with Gasteiger partial charge in [0.2, 0.25) is 21.8 Å². The van der Waals surface area contributed by atoms with Gasteiger partial charge in [-0.05, 0) is 18.9 Å². The van der Waals surface area contributed by atoms with Crippen LogP contribution in [-0.4, -0.2) is 53.9 Å². The molecule has 0 N–H and O–H groups in total. The van der Waals surface area contributed by atoms with Crippen LogP contribution in [0.5, 0.6) is 11.8 Å². The van der Waals surface area contributed by atoms with E-state index in [1.165, 1.54) is 42.0 Å². The molecule has 1 aliphatic heterocycles. The Morgan fingerprint density at radius 2 is 2.07 bits per heavy atom. The van der Waals surface area contributed by atoms with Gasteiger partial charge >= 0.3 is 0 Å². The second-order valence-corrected chi connectivity index (χ2v) is 7.84. The number of aromatic nitrogens is 2. The minimum atomic E-state index is -3.87. The van der Waals surface area contributed by atoms with Crippen molar-refractivity contribution in [2.45, 2.75) is 23.8 Å². The molecule has 2 heterocycles. The highest BCUT2D eigenvalue weighted by Crippen LogP contribution is 2.25. The van der Waals surface area contributed by atoms with Crippen molar-refractivity contribution in [2.75, 3.05) is 20.2 Å². The van der Waals surface area contributed by atoms with Gasteiger partial charge < -0.3 is 9.47 Å². The molecule has 0 aliphatic carbocycles. The van der Waals surface area contributed by atoms with Crippen LogP contribution in [0.15, 0.2) is 41.6 Å². The monoisotopic (exact) mass is 394 g/mol. The predicted octanol–water partition coefficient (Wildman–Crippen LogP) is 1.63. The van der Waals surface area contributed by atoms with E-state index in [1.807, 2.05) is 0 Å². The minimum Gasteiger partial charge on any atom is -0.480 e. The lowest BCUT2D eigenvalue weighted by Gasteiger charge is -2.31. The number of methoxy groups -OCH3 is 1. The fourth-order valence-electron chi connectivity index (χ4n) is 2.78. The van der Waals surface area contributed by atoms with Crippen LogP contribution in [-0.2, 0) is 10.0 Å². The van der Waals surface area contributed by atoms with Gasteiger partial charge in [-0.25, -0.2) is 8.42 Å². The lowest BCUT2D eigenvalue weighted by atomic mass is 10.1. The summed E-state index contributed by atoms with van der Waals surface area (Å²) in [5, 5.41) is 10.9. The fourth-order valence-corrected chi connectivity index (χ4v) is 4.33. The number of sulfonamides is 1. The third kappa shape index (κ3) is 4.31. The number of hydrogen-bond donors (Lipinski definition) is 0. The molecule has 27 heavy (non-hydrogen) atoms. The van der Waals surface area contributed by atoms with Gasteiger partial charge in [0, 0.05) is 18.7 Å². The fraction of sp³-hybridized carbons (Fsp3) is 0.375. The smallest absolute Gasteiger partial charge is 0.270 e. The van der Waals surface area contributed by atoms with E-state index in [1.54, 1.807) is 0 Å². The number of rotatable bonds is 6. The van der Waals surface area contributed by atoms with Crippen molar-refractivity contribution in [1.82, 2.24) is 14.3 Å². The van der Waals surface area contributed by atoms with Crippen molar-refractivity contribution in [3.05, 3.63) is 46.8 Å². The van der Waals surface area contributed by atoms with Crippen LogP contribution in [0, 0.1) is 10.1 Å². The Labute approximate surface area is 156 Å². The lowest BCUT2D eigenvalue weighted by Crippen LogP contribution is -2.44. The Morgan fingerprint density at radius 3 is 2.81 bits per heavy atom. The third-order valence-corrected chi connectivity index (χ3v) is 5.96. The van der Waals surface area contributed by atoms with Gasteiger partial charge in [-0.3, -0.25) is 15.1 Å². The van der Waals surface area contributed by atoms with Gasteiger partial charge in [-0.2, -0.15) is 9.29 Å².